The van der Waals surface area contributed by atoms with E-state index in [0.29, 0.717) is 17.2 Å². The fourth-order valence-corrected chi connectivity index (χ4v) is 1.88. The Labute approximate surface area is 116 Å². The first-order chi connectivity index (χ1) is 9.86. The van der Waals surface area contributed by atoms with Gasteiger partial charge in [0.2, 0.25) is 0 Å². The first-order valence-corrected chi connectivity index (χ1v) is 6.16. The van der Waals surface area contributed by atoms with Crippen LogP contribution in [0, 0.1) is 0 Å². The van der Waals surface area contributed by atoms with E-state index in [1.54, 1.807) is 25.8 Å². The number of aromatic nitrogens is 1. The van der Waals surface area contributed by atoms with E-state index >= 15 is 0 Å². The van der Waals surface area contributed by atoms with Gasteiger partial charge >= 0.3 is 0 Å². The van der Waals surface area contributed by atoms with E-state index in [0.717, 1.165) is 11.3 Å². The quantitative estimate of drug-likeness (QED) is 0.712. The second-order valence-electron chi connectivity index (χ2n) is 4.13. The van der Waals surface area contributed by atoms with Crippen LogP contribution < -0.4 is 9.47 Å². The molecule has 0 atom stereocenters. The first kappa shape index (κ1) is 12.3. The van der Waals surface area contributed by atoms with Crippen molar-refractivity contribution in [3.05, 3.63) is 61.1 Å². The van der Waals surface area contributed by atoms with Gasteiger partial charge in [0.1, 0.15) is 11.5 Å². The number of rotatable bonds is 4. The number of nitrogens with zero attached hydrogens (tertiary/aromatic N) is 1. The van der Waals surface area contributed by atoms with Gasteiger partial charge in [-0.3, -0.25) is 4.98 Å². The fraction of sp³-hybridized carbons (Fsp3) is 0.0625. The molecule has 0 fully saturated rings. The lowest BCUT2D eigenvalue weighted by atomic mass is 10.1. The predicted molar refractivity (Wildman–Crippen MR) is 75.0 cm³/mol. The molecule has 0 aliphatic rings. The number of pyridine rings is 1. The number of hydrogen-bond donors (Lipinski definition) is 0. The predicted octanol–water partition coefficient (Wildman–Crippen LogP) is 4.14. The molecule has 1 aromatic carbocycles. The van der Waals surface area contributed by atoms with E-state index in [4.69, 9.17) is 13.9 Å². The molecule has 0 saturated carbocycles. The SMILES string of the molecule is COc1cc(-c2ccco2)ccc1Oc1cccnc1. The molecule has 100 valence electrons. The molecule has 0 aliphatic heterocycles. The molecule has 0 saturated heterocycles. The minimum atomic E-state index is 0.635. The summed E-state index contributed by atoms with van der Waals surface area (Å²) >= 11 is 0. The molecule has 0 unspecified atom stereocenters. The summed E-state index contributed by atoms with van der Waals surface area (Å²) < 4.78 is 16.5. The number of hydrogen-bond acceptors (Lipinski definition) is 4. The highest BCUT2D eigenvalue weighted by Gasteiger charge is 2.09. The zero-order chi connectivity index (χ0) is 13.8. The normalized spacial score (nSPS) is 10.2. The molecule has 4 heteroatoms. The monoisotopic (exact) mass is 267 g/mol. The van der Waals surface area contributed by atoms with Crippen LogP contribution in [-0.2, 0) is 0 Å². The highest BCUT2D eigenvalue weighted by molar-refractivity contribution is 5.62. The number of benzene rings is 1. The van der Waals surface area contributed by atoms with E-state index in [-0.39, 0.29) is 0 Å². The van der Waals surface area contributed by atoms with Crippen LogP contribution in [0.3, 0.4) is 0 Å². The molecule has 20 heavy (non-hydrogen) atoms. The van der Waals surface area contributed by atoms with Crippen molar-refractivity contribution < 1.29 is 13.9 Å². The van der Waals surface area contributed by atoms with Crippen molar-refractivity contribution in [2.24, 2.45) is 0 Å². The van der Waals surface area contributed by atoms with Gasteiger partial charge in [-0.1, -0.05) is 0 Å². The third kappa shape index (κ3) is 2.49. The molecule has 4 nitrogen and oxygen atoms in total. The van der Waals surface area contributed by atoms with Gasteiger partial charge in [-0.15, -0.1) is 0 Å². The minimum absolute atomic E-state index is 0.635. The van der Waals surface area contributed by atoms with Gasteiger partial charge in [0, 0.05) is 11.8 Å². The van der Waals surface area contributed by atoms with Crippen LogP contribution in [0.4, 0.5) is 0 Å². The van der Waals surface area contributed by atoms with Gasteiger partial charge in [-0.05, 0) is 42.5 Å². The Morgan fingerprint density at radius 1 is 1.05 bits per heavy atom. The van der Waals surface area contributed by atoms with E-state index in [1.807, 2.05) is 42.5 Å². The average molecular weight is 267 g/mol. The first-order valence-electron chi connectivity index (χ1n) is 6.16. The summed E-state index contributed by atoms with van der Waals surface area (Å²) in [5.74, 6) is 2.73. The van der Waals surface area contributed by atoms with Crippen LogP contribution in [0.1, 0.15) is 0 Å². The number of furan rings is 1. The zero-order valence-corrected chi connectivity index (χ0v) is 10.9. The molecular weight excluding hydrogens is 254 g/mol. The Morgan fingerprint density at radius 2 is 2.00 bits per heavy atom. The summed E-state index contributed by atoms with van der Waals surface area (Å²) in [5, 5.41) is 0. The van der Waals surface area contributed by atoms with E-state index in [1.165, 1.54) is 0 Å². The highest BCUT2D eigenvalue weighted by Crippen LogP contribution is 2.35. The van der Waals surface area contributed by atoms with Crippen LogP contribution in [-0.4, -0.2) is 12.1 Å². The maximum absolute atomic E-state index is 5.75. The summed E-state index contributed by atoms with van der Waals surface area (Å²) in [4.78, 5) is 4.01. The Balaban J connectivity index is 1.92. The Bertz CT molecular complexity index is 678. The summed E-state index contributed by atoms with van der Waals surface area (Å²) in [6, 6.07) is 13.1. The molecule has 0 aliphatic carbocycles. The van der Waals surface area contributed by atoms with Crippen molar-refractivity contribution in [1.29, 1.82) is 0 Å². The summed E-state index contributed by atoms with van der Waals surface area (Å²) in [5.41, 5.74) is 0.936. The standard InChI is InChI=1S/C16H13NO3/c1-18-16-10-12(14-5-3-9-19-14)6-7-15(16)20-13-4-2-8-17-11-13/h2-11H,1H3. The second-order valence-corrected chi connectivity index (χ2v) is 4.13. The van der Waals surface area contributed by atoms with E-state index in [9.17, 15) is 0 Å². The molecular formula is C16H13NO3. The van der Waals surface area contributed by atoms with Crippen molar-refractivity contribution in [2.45, 2.75) is 0 Å². The molecule has 2 aromatic heterocycles. The second kappa shape index (κ2) is 5.48. The molecule has 0 radical (unpaired) electrons. The van der Waals surface area contributed by atoms with Crippen LogP contribution in [0.15, 0.2) is 65.5 Å². The summed E-state index contributed by atoms with van der Waals surface area (Å²) in [6.45, 7) is 0. The van der Waals surface area contributed by atoms with Gasteiger partial charge in [0.05, 0.1) is 19.6 Å². The largest absolute Gasteiger partial charge is 0.493 e. The van der Waals surface area contributed by atoms with Crippen LogP contribution in [0.5, 0.6) is 17.2 Å². The maximum Gasteiger partial charge on any atom is 0.169 e. The summed E-state index contributed by atoms with van der Waals surface area (Å²) in [6.07, 6.45) is 4.99. The number of ether oxygens (including phenoxy) is 2. The molecule has 3 rings (SSSR count). The molecule has 0 spiro atoms. The van der Waals surface area contributed by atoms with Gasteiger partial charge in [-0.2, -0.15) is 0 Å². The zero-order valence-electron chi connectivity index (χ0n) is 10.9. The third-order valence-electron chi connectivity index (χ3n) is 2.83. The Hall–Kier alpha value is -2.75. The van der Waals surface area contributed by atoms with Gasteiger partial charge in [0.25, 0.3) is 0 Å². The van der Waals surface area contributed by atoms with Gasteiger partial charge in [-0.25, -0.2) is 0 Å². The highest BCUT2D eigenvalue weighted by atomic mass is 16.5. The van der Waals surface area contributed by atoms with Crippen molar-refractivity contribution >= 4 is 0 Å². The molecule has 0 amide bonds. The van der Waals surface area contributed by atoms with Crippen LogP contribution >= 0.6 is 0 Å². The van der Waals surface area contributed by atoms with Crippen LogP contribution in [0.25, 0.3) is 11.3 Å². The van der Waals surface area contributed by atoms with Gasteiger partial charge in [0.15, 0.2) is 11.5 Å². The minimum Gasteiger partial charge on any atom is -0.493 e. The summed E-state index contributed by atoms with van der Waals surface area (Å²) in [7, 11) is 1.61. The molecule has 0 bridgehead atoms. The Kier molecular flexibility index (Phi) is 3.37. The lowest BCUT2D eigenvalue weighted by Gasteiger charge is -2.11. The van der Waals surface area contributed by atoms with Crippen LogP contribution in [0.2, 0.25) is 0 Å². The molecule has 2 heterocycles. The smallest absolute Gasteiger partial charge is 0.169 e. The Morgan fingerprint density at radius 3 is 2.70 bits per heavy atom. The van der Waals surface area contributed by atoms with Gasteiger partial charge < -0.3 is 13.9 Å². The lowest BCUT2D eigenvalue weighted by Crippen LogP contribution is -1.91. The molecule has 0 N–H and O–H groups in total. The maximum atomic E-state index is 5.75. The lowest BCUT2D eigenvalue weighted by molar-refractivity contribution is 0.378. The van der Waals surface area contributed by atoms with E-state index in [2.05, 4.69) is 4.98 Å². The fourth-order valence-electron chi connectivity index (χ4n) is 1.88. The van der Waals surface area contributed by atoms with E-state index < -0.39 is 0 Å². The van der Waals surface area contributed by atoms with Crippen molar-refractivity contribution in [3.8, 4) is 28.6 Å². The third-order valence-corrected chi connectivity index (χ3v) is 2.83. The number of methoxy groups -OCH3 is 1. The van der Waals surface area contributed by atoms with Crippen molar-refractivity contribution in [2.75, 3.05) is 7.11 Å². The van der Waals surface area contributed by atoms with Crippen molar-refractivity contribution in [3.63, 3.8) is 0 Å². The average Bonchev–Trinajstić information content (AvgIpc) is 3.03. The van der Waals surface area contributed by atoms with Crippen molar-refractivity contribution in [1.82, 2.24) is 4.98 Å². The topological polar surface area (TPSA) is 44.5 Å². The molecule has 3 aromatic rings.